The molecule has 0 atom stereocenters. The van der Waals surface area contributed by atoms with Crippen molar-refractivity contribution in [1.29, 1.82) is 0 Å². The zero-order chi connectivity index (χ0) is 15.2. The van der Waals surface area contributed by atoms with Crippen LogP contribution >= 0.6 is 12.2 Å². The summed E-state index contributed by atoms with van der Waals surface area (Å²) < 4.78 is 35.9. The minimum atomic E-state index is -2.91. The molecule has 2 aromatic rings. The topological polar surface area (TPSA) is 64.4 Å². The molecule has 1 aromatic heterocycles. The highest BCUT2D eigenvalue weighted by atomic mass is 32.1. The molecule has 1 N–H and O–H groups in total. The van der Waals surface area contributed by atoms with E-state index in [2.05, 4.69) is 20.0 Å². The van der Waals surface area contributed by atoms with Crippen LogP contribution in [0.15, 0.2) is 29.6 Å². The summed E-state index contributed by atoms with van der Waals surface area (Å²) in [5, 5.41) is 10.4. The fourth-order valence-corrected chi connectivity index (χ4v) is 1.67. The minimum absolute atomic E-state index is 0.0241. The van der Waals surface area contributed by atoms with Crippen LogP contribution < -0.4 is 9.47 Å². The van der Waals surface area contributed by atoms with Crippen LogP contribution in [-0.2, 0) is 0 Å². The van der Waals surface area contributed by atoms with Crippen LogP contribution in [0.1, 0.15) is 12.5 Å². The Hall–Kier alpha value is -2.29. The van der Waals surface area contributed by atoms with Crippen molar-refractivity contribution in [1.82, 2.24) is 14.9 Å². The van der Waals surface area contributed by atoms with Crippen molar-refractivity contribution >= 4 is 18.4 Å². The molecule has 0 aliphatic rings. The largest absolute Gasteiger partial charge is 0.490 e. The lowest BCUT2D eigenvalue weighted by Gasteiger charge is -2.11. The molecule has 21 heavy (non-hydrogen) atoms. The maximum atomic E-state index is 12.3. The monoisotopic (exact) mass is 314 g/mol. The van der Waals surface area contributed by atoms with Gasteiger partial charge in [-0.25, -0.2) is 0 Å². The SMILES string of the molecule is CCOc1cc(/C=N\n2cn[nH]c2=S)ccc1OC(F)F. The number of hydrogen-bond donors (Lipinski definition) is 1. The van der Waals surface area contributed by atoms with Crippen LogP contribution in [-0.4, -0.2) is 34.3 Å². The zero-order valence-corrected chi connectivity index (χ0v) is 11.8. The van der Waals surface area contributed by atoms with Crippen molar-refractivity contribution in [2.75, 3.05) is 6.61 Å². The average Bonchev–Trinajstić information content (AvgIpc) is 2.84. The second kappa shape index (κ2) is 6.93. The van der Waals surface area contributed by atoms with Crippen LogP contribution in [0, 0.1) is 4.77 Å². The van der Waals surface area contributed by atoms with E-state index in [0.29, 0.717) is 16.9 Å². The predicted molar refractivity (Wildman–Crippen MR) is 74.6 cm³/mol. The van der Waals surface area contributed by atoms with Gasteiger partial charge in [-0.3, -0.25) is 5.10 Å². The van der Waals surface area contributed by atoms with Gasteiger partial charge < -0.3 is 9.47 Å². The average molecular weight is 314 g/mol. The Balaban J connectivity index is 2.25. The molecule has 0 aliphatic heterocycles. The van der Waals surface area contributed by atoms with E-state index in [1.165, 1.54) is 23.3 Å². The van der Waals surface area contributed by atoms with Gasteiger partial charge in [0.25, 0.3) is 0 Å². The third-order valence-corrected chi connectivity index (χ3v) is 2.63. The smallest absolute Gasteiger partial charge is 0.387 e. The molecule has 0 amide bonds. The highest BCUT2D eigenvalue weighted by Crippen LogP contribution is 2.29. The molecule has 0 saturated heterocycles. The van der Waals surface area contributed by atoms with Gasteiger partial charge in [0.1, 0.15) is 6.33 Å². The lowest BCUT2D eigenvalue weighted by atomic mass is 10.2. The summed E-state index contributed by atoms with van der Waals surface area (Å²) >= 11 is 4.94. The molecule has 1 heterocycles. The third-order valence-electron chi connectivity index (χ3n) is 2.35. The molecule has 0 aliphatic carbocycles. The molecule has 0 bridgehead atoms. The highest BCUT2D eigenvalue weighted by Gasteiger charge is 2.11. The summed E-state index contributed by atoms with van der Waals surface area (Å²) in [5.74, 6) is 0.196. The fraction of sp³-hybridized carbons (Fsp3) is 0.250. The summed E-state index contributed by atoms with van der Waals surface area (Å²) in [6.45, 7) is -0.835. The normalized spacial score (nSPS) is 11.2. The van der Waals surface area contributed by atoms with E-state index in [0.717, 1.165) is 0 Å². The molecule has 0 unspecified atom stereocenters. The first kappa shape index (κ1) is 15.1. The molecule has 6 nitrogen and oxygen atoms in total. The molecule has 0 spiro atoms. The molecular formula is C12H12F2N4O2S. The van der Waals surface area contributed by atoms with E-state index in [1.807, 2.05) is 0 Å². The van der Waals surface area contributed by atoms with E-state index in [4.69, 9.17) is 17.0 Å². The Kier molecular flexibility index (Phi) is 4.99. The summed E-state index contributed by atoms with van der Waals surface area (Å²) in [7, 11) is 0. The number of hydrogen-bond acceptors (Lipinski definition) is 5. The maximum Gasteiger partial charge on any atom is 0.387 e. The van der Waals surface area contributed by atoms with Gasteiger partial charge in [0.15, 0.2) is 11.5 Å². The number of nitrogens with zero attached hydrogens (tertiary/aromatic N) is 3. The van der Waals surface area contributed by atoms with Crippen molar-refractivity contribution in [2.45, 2.75) is 13.5 Å². The summed E-state index contributed by atoms with van der Waals surface area (Å²) in [6, 6.07) is 4.52. The number of ether oxygens (including phenoxy) is 2. The Bertz CT molecular complexity index is 684. The lowest BCUT2D eigenvalue weighted by Crippen LogP contribution is -2.05. The van der Waals surface area contributed by atoms with E-state index < -0.39 is 6.61 Å². The molecule has 9 heteroatoms. The van der Waals surface area contributed by atoms with Gasteiger partial charge in [0.2, 0.25) is 4.77 Å². The van der Waals surface area contributed by atoms with Crippen molar-refractivity contribution < 1.29 is 18.3 Å². The van der Waals surface area contributed by atoms with E-state index in [9.17, 15) is 8.78 Å². The second-order valence-electron chi connectivity index (χ2n) is 3.77. The molecule has 0 radical (unpaired) electrons. The number of benzene rings is 1. The summed E-state index contributed by atoms with van der Waals surface area (Å²) in [4.78, 5) is 0. The Morgan fingerprint density at radius 2 is 2.29 bits per heavy atom. The van der Waals surface area contributed by atoms with Crippen molar-refractivity contribution in [2.24, 2.45) is 5.10 Å². The van der Waals surface area contributed by atoms with Gasteiger partial charge in [-0.15, -0.1) is 0 Å². The predicted octanol–water partition coefficient (Wildman–Crippen LogP) is 2.82. The number of nitrogens with one attached hydrogen (secondary N) is 1. The van der Waals surface area contributed by atoms with Gasteiger partial charge in [-0.1, -0.05) is 0 Å². The molecular weight excluding hydrogens is 302 g/mol. The number of halogens is 2. The van der Waals surface area contributed by atoms with Gasteiger partial charge in [-0.05, 0) is 42.9 Å². The highest BCUT2D eigenvalue weighted by molar-refractivity contribution is 7.71. The number of H-pyrrole nitrogens is 1. The number of rotatable bonds is 6. The second-order valence-corrected chi connectivity index (χ2v) is 4.16. The first-order valence-corrected chi connectivity index (χ1v) is 6.39. The van der Waals surface area contributed by atoms with Gasteiger partial charge in [-0.2, -0.15) is 23.7 Å². The lowest BCUT2D eigenvalue weighted by molar-refractivity contribution is -0.0514. The van der Waals surface area contributed by atoms with Crippen LogP contribution in [0.2, 0.25) is 0 Å². The molecule has 0 saturated carbocycles. The quantitative estimate of drug-likeness (QED) is 0.658. The van der Waals surface area contributed by atoms with Gasteiger partial charge in [0.05, 0.1) is 12.8 Å². The summed E-state index contributed by atoms with van der Waals surface area (Å²) in [5.41, 5.74) is 0.642. The molecule has 0 fully saturated rings. The van der Waals surface area contributed by atoms with E-state index in [-0.39, 0.29) is 11.5 Å². The Labute approximate surface area is 124 Å². The van der Waals surface area contributed by atoms with Crippen LogP contribution in [0.25, 0.3) is 0 Å². The zero-order valence-electron chi connectivity index (χ0n) is 11.0. The molecule has 112 valence electrons. The first-order valence-electron chi connectivity index (χ1n) is 5.98. The van der Waals surface area contributed by atoms with Crippen molar-refractivity contribution in [3.8, 4) is 11.5 Å². The van der Waals surface area contributed by atoms with E-state index in [1.54, 1.807) is 19.1 Å². The standard InChI is InChI=1S/C12H12F2N4O2S/c1-2-19-10-5-8(3-4-9(10)20-11(13)14)6-16-18-7-15-17-12(18)21/h3-7,11H,2H2,1H3,(H,17,21)/b16-6-. The number of aromatic nitrogens is 3. The Morgan fingerprint density at radius 3 is 2.90 bits per heavy atom. The molecule has 1 aromatic carbocycles. The van der Waals surface area contributed by atoms with Crippen molar-refractivity contribution in [3.63, 3.8) is 0 Å². The van der Waals surface area contributed by atoms with Crippen molar-refractivity contribution in [3.05, 3.63) is 34.9 Å². The minimum Gasteiger partial charge on any atom is -0.490 e. The van der Waals surface area contributed by atoms with Gasteiger partial charge >= 0.3 is 6.61 Å². The number of alkyl halides is 2. The summed E-state index contributed by atoms with van der Waals surface area (Å²) in [6.07, 6.45) is 2.91. The maximum absolute atomic E-state index is 12.3. The van der Waals surface area contributed by atoms with Crippen LogP contribution in [0.4, 0.5) is 8.78 Å². The fourth-order valence-electron chi connectivity index (χ4n) is 1.52. The Morgan fingerprint density at radius 1 is 1.48 bits per heavy atom. The van der Waals surface area contributed by atoms with Crippen LogP contribution in [0.5, 0.6) is 11.5 Å². The third kappa shape index (κ3) is 4.09. The van der Waals surface area contributed by atoms with Crippen LogP contribution in [0.3, 0.4) is 0 Å². The number of aromatic amines is 1. The first-order chi connectivity index (χ1) is 10.1. The van der Waals surface area contributed by atoms with Gasteiger partial charge in [0, 0.05) is 0 Å². The van der Waals surface area contributed by atoms with E-state index >= 15 is 0 Å². The molecule has 2 rings (SSSR count).